The zero-order valence-electron chi connectivity index (χ0n) is 16.4. The Kier molecular flexibility index (Phi) is 7.26. The van der Waals surface area contributed by atoms with Crippen molar-refractivity contribution in [1.29, 1.82) is 0 Å². The molecule has 1 heterocycles. The van der Waals surface area contributed by atoms with Gasteiger partial charge < -0.3 is 4.57 Å². The van der Waals surface area contributed by atoms with E-state index in [4.69, 9.17) is 0 Å². The van der Waals surface area contributed by atoms with Crippen LogP contribution in [0, 0.1) is 0 Å². The lowest BCUT2D eigenvalue weighted by Gasteiger charge is -2.05. The van der Waals surface area contributed by atoms with Crippen LogP contribution < -0.4 is 4.80 Å². The molecule has 0 radical (unpaired) electrons. The molecule has 2 aromatic carbocycles. The molecule has 154 valence electrons. The summed E-state index contributed by atoms with van der Waals surface area (Å²) in [6.07, 6.45) is 3.22. The quantitative estimate of drug-likeness (QED) is 0.485. The van der Waals surface area contributed by atoms with Crippen LogP contribution in [0.1, 0.15) is 17.3 Å². The Morgan fingerprint density at radius 1 is 1.21 bits per heavy atom. The second-order valence-electron chi connectivity index (χ2n) is 6.31. The van der Waals surface area contributed by atoms with Crippen molar-refractivity contribution in [3.8, 4) is 0 Å². The van der Waals surface area contributed by atoms with E-state index in [1.165, 1.54) is 17.6 Å². The third-order valence-electron chi connectivity index (χ3n) is 4.19. The first-order valence-electron chi connectivity index (χ1n) is 8.97. The minimum absolute atomic E-state index is 0.269. The first-order valence-corrected chi connectivity index (χ1v) is 14.1. The molecule has 1 aromatic heterocycles. The van der Waals surface area contributed by atoms with Gasteiger partial charge >= 0.3 is 0 Å². The maximum absolute atomic E-state index is 12.8. The van der Waals surface area contributed by atoms with E-state index in [0.717, 1.165) is 26.6 Å². The van der Waals surface area contributed by atoms with Gasteiger partial charge in [0, 0.05) is 29.0 Å². The third kappa shape index (κ3) is 5.33. The average molecular weight is 467 g/mol. The molecular formula is C20H22N2O3S4. The summed E-state index contributed by atoms with van der Waals surface area (Å²) in [5, 5.41) is 0. The van der Waals surface area contributed by atoms with Crippen LogP contribution >= 0.6 is 34.9 Å². The van der Waals surface area contributed by atoms with E-state index in [1.807, 2.05) is 29.0 Å². The summed E-state index contributed by atoms with van der Waals surface area (Å²) in [6, 6.07) is 12.5. The van der Waals surface area contributed by atoms with Crippen LogP contribution in [0.25, 0.3) is 10.2 Å². The number of hydrogen-bond acceptors (Lipinski definition) is 6. The van der Waals surface area contributed by atoms with E-state index in [0.29, 0.717) is 16.9 Å². The number of aromatic nitrogens is 1. The van der Waals surface area contributed by atoms with Crippen LogP contribution in [0.2, 0.25) is 0 Å². The minimum Gasteiger partial charge on any atom is -0.316 e. The van der Waals surface area contributed by atoms with Gasteiger partial charge in [-0.25, -0.2) is 8.42 Å². The van der Waals surface area contributed by atoms with E-state index in [1.54, 1.807) is 47.8 Å². The number of hydrogen-bond donors (Lipinski definition) is 0. The van der Waals surface area contributed by atoms with Gasteiger partial charge in [0.25, 0.3) is 5.91 Å². The van der Waals surface area contributed by atoms with Gasteiger partial charge in [-0.2, -0.15) is 16.8 Å². The number of sulfone groups is 1. The normalized spacial score (nSPS) is 12.6. The Labute approximate surface area is 183 Å². The molecular weight excluding hydrogens is 444 g/mol. The van der Waals surface area contributed by atoms with Gasteiger partial charge in [0.1, 0.15) is 0 Å². The lowest BCUT2D eigenvalue weighted by Crippen LogP contribution is -2.18. The lowest BCUT2D eigenvalue weighted by molar-refractivity contribution is 0.0997. The van der Waals surface area contributed by atoms with Crippen LogP contribution in [-0.4, -0.2) is 42.9 Å². The largest absolute Gasteiger partial charge is 0.316 e. The second kappa shape index (κ2) is 9.51. The van der Waals surface area contributed by atoms with Crippen LogP contribution in [0.15, 0.2) is 57.2 Å². The highest BCUT2D eigenvalue weighted by Gasteiger charge is 2.13. The van der Waals surface area contributed by atoms with Crippen molar-refractivity contribution >= 4 is 60.8 Å². The summed E-state index contributed by atoms with van der Waals surface area (Å²) in [7, 11) is -3.30. The monoisotopic (exact) mass is 466 g/mol. The molecule has 0 aliphatic rings. The zero-order chi connectivity index (χ0) is 21.0. The van der Waals surface area contributed by atoms with Crippen LogP contribution in [0.3, 0.4) is 0 Å². The van der Waals surface area contributed by atoms with Crippen molar-refractivity contribution in [2.45, 2.75) is 23.3 Å². The predicted molar refractivity (Wildman–Crippen MR) is 124 cm³/mol. The third-order valence-corrected chi connectivity index (χ3v) is 7.81. The number of thiazole rings is 1. The number of nitrogens with zero attached hydrogens (tertiary/aromatic N) is 2. The van der Waals surface area contributed by atoms with Gasteiger partial charge in [-0.1, -0.05) is 24.3 Å². The molecule has 5 nitrogen and oxygen atoms in total. The van der Waals surface area contributed by atoms with E-state index < -0.39 is 9.84 Å². The maximum atomic E-state index is 12.8. The summed E-state index contributed by atoms with van der Waals surface area (Å²) in [4.78, 5) is 19.1. The molecule has 3 rings (SSSR count). The molecule has 0 bridgehead atoms. The van der Waals surface area contributed by atoms with E-state index in [-0.39, 0.29) is 10.8 Å². The fourth-order valence-electron chi connectivity index (χ4n) is 2.81. The highest BCUT2D eigenvalue weighted by Crippen LogP contribution is 2.23. The second-order valence-corrected chi connectivity index (χ2v) is 11.7. The maximum Gasteiger partial charge on any atom is 0.279 e. The number of thioether (sulfide) groups is 2. The molecule has 9 heteroatoms. The molecule has 0 saturated heterocycles. The molecule has 0 fully saturated rings. The molecule has 0 saturated carbocycles. The van der Waals surface area contributed by atoms with Crippen molar-refractivity contribution in [3.63, 3.8) is 0 Å². The lowest BCUT2D eigenvalue weighted by atomic mass is 10.2. The van der Waals surface area contributed by atoms with Crippen LogP contribution in [-0.2, 0) is 16.4 Å². The van der Waals surface area contributed by atoms with E-state index >= 15 is 0 Å². The molecule has 0 atom stereocenters. The molecule has 29 heavy (non-hydrogen) atoms. The Morgan fingerprint density at radius 3 is 2.69 bits per heavy atom. The van der Waals surface area contributed by atoms with Crippen molar-refractivity contribution in [2.24, 2.45) is 4.99 Å². The average Bonchev–Trinajstić information content (AvgIpc) is 3.02. The number of carbonyl (C=O) groups excluding carboxylic acids is 1. The number of amides is 1. The summed E-state index contributed by atoms with van der Waals surface area (Å²) in [6.45, 7) is 2.76. The first-order chi connectivity index (χ1) is 13.8. The van der Waals surface area contributed by atoms with Gasteiger partial charge in [0.15, 0.2) is 14.6 Å². The molecule has 0 aliphatic carbocycles. The molecule has 0 N–H and O–H groups in total. The number of carbonyl (C=O) groups is 1. The van der Waals surface area contributed by atoms with Crippen molar-refractivity contribution in [1.82, 2.24) is 4.57 Å². The van der Waals surface area contributed by atoms with Crippen molar-refractivity contribution < 1.29 is 13.2 Å². The fourth-order valence-corrected chi connectivity index (χ4v) is 5.70. The molecule has 0 spiro atoms. The van der Waals surface area contributed by atoms with Crippen molar-refractivity contribution in [3.05, 3.63) is 52.8 Å². The van der Waals surface area contributed by atoms with Crippen LogP contribution in [0.5, 0.6) is 0 Å². The Hall–Kier alpha value is -1.55. The molecule has 3 aromatic rings. The molecule has 1 amide bonds. The van der Waals surface area contributed by atoms with Gasteiger partial charge in [-0.05, 0) is 48.4 Å². The summed E-state index contributed by atoms with van der Waals surface area (Å²) >= 11 is 4.72. The van der Waals surface area contributed by atoms with E-state index in [9.17, 15) is 13.2 Å². The highest BCUT2D eigenvalue weighted by atomic mass is 32.2. The number of benzene rings is 2. The Balaban J connectivity index is 2.10. The Morgan fingerprint density at radius 2 is 2.00 bits per heavy atom. The topological polar surface area (TPSA) is 68.5 Å². The minimum atomic E-state index is -3.30. The summed E-state index contributed by atoms with van der Waals surface area (Å²) in [5.74, 6) is 1.50. The summed E-state index contributed by atoms with van der Waals surface area (Å²) in [5.41, 5.74) is 1.44. The Bertz CT molecular complexity index is 1210. The predicted octanol–water partition coefficient (Wildman–Crippen LogP) is 4.32. The zero-order valence-corrected chi connectivity index (χ0v) is 19.7. The van der Waals surface area contributed by atoms with Crippen molar-refractivity contribution in [2.75, 3.05) is 24.0 Å². The fraction of sp³-hybridized carbons (Fsp3) is 0.300. The van der Waals surface area contributed by atoms with Gasteiger partial charge in [-0.15, -0.1) is 11.8 Å². The highest BCUT2D eigenvalue weighted by molar-refractivity contribution is 7.99. The summed E-state index contributed by atoms with van der Waals surface area (Å²) < 4.78 is 26.6. The first kappa shape index (κ1) is 22.1. The molecule has 0 aliphatic heterocycles. The van der Waals surface area contributed by atoms with Gasteiger partial charge in [0.05, 0.1) is 15.1 Å². The van der Waals surface area contributed by atoms with Gasteiger partial charge in [-0.3, -0.25) is 4.79 Å². The smallest absolute Gasteiger partial charge is 0.279 e. The number of fused-ring (bicyclic) bond motifs is 1. The number of aryl methyl sites for hydroxylation is 1. The van der Waals surface area contributed by atoms with Crippen LogP contribution in [0.4, 0.5) is 0 Å². The van der Waals surface area contributed by atoms with E-state index in [2.05, 4.69) is 11.9 Å². The van der Waals surface area contributed by atoms with Gasteiger partial charge in [0.2, 0.25) is 0 Å². The number of rotatable bonds is 7. The SMILES string of the molecule is CCSc1cccc(C(=O)N=c2sc3cc(S(C)(=O)=O)ccc3n2CCSC)c1. The standard InChI is InChI=1S/C20H22N2O3S4/c1-4-27-15-7-5-6-14(12-15)19(23)21-20-22(10-11-26-2)17-9-8-16(29(3,24)25)13-18(17)28-20/h5-9,12-13H,4,10-11H2,1-3H3. The molecule has 0 unspecified atom stereocenters.